The van der Waals surface area contributed by atoms with Crippen molar-refractivity contribution in [1.82, 2.24) is 4.90 Å². The zero-order valence-electron chi connectivity index (χ0n) is 19.0. The lowest BCUT2D eigenvalue weighted by molar-refractivity contribution is -0.153. The molecule has 3 aliphatic carbocycles. The van der Waals surface area contributed by atoms with Crippen LogP contribution in [0.2, 0.25) is 5.02 Å². The predicted octanol–water partition coefficient (Wildman–Crippen LogP) is 6.83. The molecule has 162 valence electrons. The molecule has 2 unspecified atom stereocenters. The van der Waals surface area contributed by atoms with E-state index in [1.165, 1.54) is 43.2 Å². The average Bonchev–Trinajstić information content (AvgIpc) is 3.11. The summed E-state index contributed by atoms with van der Waals surface area (Å²) < 4.78 is 0. The quantitative estimate of drug-likeness (QED) is 0.482. The van der Waals surface area contributed by atoms with Crippen LogP contribution < -0.4 is 0 Å². The Morgan fingerprint density at radius 1 is 1.07 bits per heavy atom. The lowest BCUT2D eigenvalue weighted by atomic mass is 9.44. The molecule has 0 radical (unpaired) electrons. The van der Waals surface area contributed by atoms with Gasteiger partial charge in [0.25, 0.3) is 0 Å². The fourth-order valence-corrected chi connectivity index (χ4v) is 8.48. The van der Waals surface area contributed by atoms with Crippen molar-refractivity contribution in [3.8, 4) is 0 Å². The first-order valence-corrected chi connectivity index (χ1v) is 12.4. The van der Waals surface area contributed by atoms with Crippen molar-refractivity contribution in [2.45, 2.75) is 71.8 Å². The number of carbonyl (C=O) groups excluding carboxylic acids is 1. The number of piperidine rings is 1. The Balaban J connectivity index is 1.64. The summed E-state index contributed by atoms with van der Waals surface area (Å²) in [6, 6.07) is 8.42. The van der Waals surface area contributed by atoms with Gasteiger partial charge in [-0.25, -0.2) is 0 Å². The summed E-state index contributed by atoms with van der Waals surface area (Å²) in [4.78, 5) is 14.9. The average molecular weight is 426 g/mol. The smallest absolute Gasteiger partial charge is 0.222 e. The predicted molar refractivity (Wildman–Crippen MR) is 124 cm³/mol. The number of hydrogen-bond donors (Lipinski definition) is 0. The van der Waals surface area contributed by atoms with Gasteiger partial charge in [0.15, 0.2) is 0 Å². The summed E-state index contributed by atoms with van der Waals surface area (Å²) >= 11 is 6.15. The fourth-order valence-electron chi connectivity index (χ4n) is 8.35. The third-order valence-corrected chi connectivity index (χ3v) is 10.1. The van der Waals surface area contributed by atoms with Crippen LogP contribution in [-0.2, 0) is 4.79 Å². The Morgan fingerprint density at radius 3 is 2.53 bits per heavy atom. The van der Waals surface area contributed by atoms with E-state index >= 15 is 0 Å². The van der Waals surface area contributed by atoms with Crippen LogP contribution in [-0.4, -0.2) is 23.9 Å². The van der Waals surface area contributed by atoms with Gasteiger partial charge in [0.2, 0.25) is 5.91 Å². The monoisotopic (exact) mass is 425 g/mol. The number of halogens is 1. The van der Waals surface area contributed by atoms with Crippen LogP contribution in [0.5, 0.6) is 0 Å². The molecule has 1 heterocycles. The van der Waals surface area contributed by atoms with Gasteiger partial charge in [-0.15, -0.1) is 0 Å². The number of nitrogens with zero attached hydrogens (tertiary/aromatic N) is 1. The minimum absolute atomic E-state index is 0.183. The summed E-state index contributed by atoms with van der Waals surface area (Å²) in [5.74, 6) is 3.13. The van der Waals surface area contributed by atoms with E-state index in [2.05, 4.69) is 50.9 Å². The third kappa shape index (κ3) is 2.93. The molecule has 4 fully saturated rings. The number of rotatable bonds is 1. The second-order valence-corrected chi connectivity index (χ2v) is 11.7. The molecule has 0 bridgehead atoms. The number of hydrogen-bond acceptors (Lipinski definition) is 1. The molecule has 1 aromatic rings. The van der Waals surface area contributed by atoms with Crippen molar-refractivity contribution in [3.05, 3.63) is 40.4 Å². The Morgan fingerprint density at radius 2 is 1.80 bits per heavy atom. The minimum Gasteiger partial charge on any atom is -0.338 e. The van der Waals surface area contributed by atoms with Crippen LogP contribution in [0.1, 0.15) is 71.3 Å². The highest BCUT2D eigenvalue weighted by Crippen LogP contribution is 2.67. The van der Waals surface area contributed by atoms with Gasteiger partial charge in [-0.3, -0.25) is 4.79 Å². The van der Waals surface area contributed by atoms with Gasteiger partial charge in [0.05, 0.1) is 6.04 Å². The van der Waals surface area contributed by atoms with Crippen LogP contribution in [0.15, 0.2) is 29.8 Å². The van der Waals surface area contributed by atoms with E-state index in [9.17, 15) is 4.79 Å². The van der Waals surface area contributed by atoms with Gasteiger partial charge in [0, 0.05) is 18.5 Å². The van der Waals surface area contributed by atoms with Gasteiger partial charge >= 0.3 is 0 Å². The topological polar surface area (TPSA) is 20.3 Å². The molecule has 1 aliphatic heterocycles. The number of carbonyl (C=O) groups is 1. The largest absolute Gasteiger partial charge is 0.338 e. The van der Waals surface area contributed by atoms with Crippen molar-refractivity contribution >= 4 is 23.6 Å². The fraction of sp³-hybridized carbons (Fsp3) is 0.667. The molecule has 2 nitrogen and oxygen atoms in total. The Hall–Kier alpha value is -1.28. The van der Waals surface area contributed by atoms with Crippen molar-refractivity contribution in [2.75, 3.05) is 7.05 Å². The maximum Gasteiger partial charge on any atom is 0.222 e. The normalized spacial score (nSPS) is 44.6. The molecular weight excluding hydrogens is 390 g/mol. The van der Waals surface area contributed by atoms with Crippen LogP contribution >= 0.6 is 11.6 Å². The number of amides is 1. The van der Waals surface area contributed by atoms with Gasteiger partial charge < -0.3 is 4.90 Å². The van der Waals surface area contributed by atoms with Crippen molar-refractivity contribution in [2.24, 2.45) is 34.5 Å². The molecule has 1 saturated heterocycles. The molecule has 5 rings (SSSR count). The standard InChI is InChI=1S/C27H36ClNO/c1-17-20(16-18-7-9-19(28)10-8-18)25-27(3,15-12-23(30)29(25)4)22-11-14-26(2)13-5-6-21(26)24(17)22/h7-10,16-17,21-22,24-25H,5-6,11-15H2,1-4H3/t17?,21-,22+,24-,25?,26-,27+/m0/s1. The minimum atomic E-state index is 0.183. The maximum absolute atomic E-state index is 12.8. The Kier molecular flexibility index (Phi) is 4.89. The lowest BCUT2D eigenvalue weighted by Crippen LogP contribution is -2.64. The highest BCUT2D eigenvalue weighted by Gasteiger charge is 2.62. The lowest BCUT2D eigenvalue weighted by Gasteiger charge is -2.64. The second kappa shape index (κ2) is 7.12. The molecule has 0 aromatic heterocycles. The molecule has 1 amide bonds. The van der Waals surface area contributed by atoms with Gasteiger partial charge in [-0.1, -0.05) is 57.0 Å². The maximum atomic E-state index is 12.8. The van der Waals surface area contributed by atoms with Crippen LogP contribution in [0.3, 0.4) is 0 Å². The molecule has 1 aromatic carbocycles. The number of fused-ring (bicyclic) bond motifs is 5. The summed E-state index contributed by atoms with van der Waals surface area (Å²) in [5, 5.41) is 0.776. The Bertz CT molecular complexity index is 875. The van der Waals surface area contributed by atoms with Crippen molar-refractivity contribution < 1.29 is 4.79 Å². The summed E-state index contributed by atoms with van der Waals surface area (Å²) in [6.07, 6.45) is 11.1. The SMILES string of the molecule is CC1C(=Cc2ccc(Cl)cc2)C2N(C)C(=O)CC[C@]2(C)[C@@H]2CC[C@]3(C)CCC[C@H]3[C@H]12. The first kappa shape index (κ1) is 20.6. The highest BCUT2D eigenvalue weighted by atomic mass is 35.5. The molecular formula is C27H36ClNO. The molecule has 7 atom stereocenters. The molecule has 0 N–H and O–H groups in total. The van der Waals surface area contributed by atoms with E-state index in [0.717, 1.165) is 29.2 Å². The molecule has 4 aliphatic rings. The third-order valence-electron chi connectivity index (χ3n) is 9.87. The van der Waals surface area contributed by atoms with Crippen LogP contribution in [0.4, 0.5) is 0 Å². The summed E-state index contributed by atoms with van der Waals surface area (Å²) in [6.45, 7) is 7.55. The number of likely N-dealkylation sites (tertiary alicyclic amines) is 1. The van der Waals surface area contributed by atoms with Crippen LogP contribution in [0, 0.1) is 34.5 Å². The summed E-state index contributed by atoms with van der Waals surface area (Å²) in [5.41, 5.74) is 3.40. The molecule has 0 spiro atoms. The molecule has 30 heavy (non-hydrogen) atoms. The van der Waals surface area contributed by atoms with E-state index in [1.54, 1.807) is 0 Å². The molecule has 3 saturated carbocycles. The van der Waals surface area contributed by atoms with E-state index in [0.29, 0.717) is 23.7 Å². The zero-order chi connectivity index (χ0) is 21.3. The van der Waals surface area contributed by atoms with Crippen molar-refractivity contribution in [3.63, 3.8) is 0 Å². The van der Waals surface area contributed by atoms with Crippen molar-refractivity contribution in [1.29, 1.82) is 0 Å². The van der Waals surface area contributed by atoms with E-state index in [1.807, 2.05) is 12.1 Å². The first-order valence-electron chi connectivity index (χ1n) is 12.0. The van der Waals surface area contributed by atoms with Gasteiger partial charge in [-0.2, -0.15) is 0 Å². The van der Waals surface area contributed by atoms with E-state index < -0.39 is 0 Å². The van der Waals surface area contributed by atoms with Gasteiger partial charge in [-0.05, 0) is 89.9 Å². The van der Waals surface area contributed by atoms with E-state index in [4.69, 9.17) is 11.6 Å². The van der Waals surface area contributed by atoms with Crippen LogP contribution in [0.25, 0.3) is 6.08 Å². The van der Waals surface area contributed by atoms with Gasteiger partial charge in [0.1, 0.15) is 0 Å². The van der Waals surface area contributed by atoms with E-state index in [-0.39, 0.29) is 11.5 Å². The highest BCUT2D eigenvalue weighted by molar-refractivity contribution is 6.30. The zero-order valence-corrected chi connectivity index (χ0v) is 19.7. The molecule has 3 heteroatoms. The number of benzene rings is 1. The first-order chi connectivity index (χ1) is 14.2. The second-order valence-electron chi connectivity index (χ2n) is 11.3. The Labute approximate surface area is 187 Å². The summed E-state index contributed by atoms with van der Waals surface area (Å²) in [7, 11) is 2.05. The number of likely N-dealkylation sites (N-methyl/N-ethyl adjacent to an activating group) is 1.